The normalized spacial score (nSPS) is 18.6. The highest BCUT2D eigenvalue weighted by atomic mass is 32.2. The van der Waals surface area contributed by atoms with E-state index in [-0.39, 0.29) is 17.0 Å². The van der Waals surface area contributed by atoms with Crippen molar-refractivity contribution in [1.82, 2.24) is 0 Å². The lowest BCUT2D eigenvalue weighted by Crippen LogP contribution is -2.29. The number of anilines is 1. The van der Waals surface area contributed by atoms with Gasteiger partial charge in [0.25, 0.3) is 0 Å². The van der Waals surface area contributed by atoms with Crippen LogP contribution in [0.4, 0.5) is 5.69 Å². The van der Waals surface area contributed by atoms with Crippen LogP contribution in [0.2, 0.25) is 0 Å². The fraction of sp³-hybridized carbons (Fsp3) is 0.429. The van der Waals surface area contributed by atoms with E-state index in [1.54, 1.807) is 23.9 Å². The van der Waals surface area contributed by atoms with Gasteiger partial charge in [-0.3, -0.25) is 4.79 Å². The molecule has 0 bridgehead atoms. The van der Waals surface area contributed by atoms with E-state index >= 15 is 0 Å². The maximum Gasteiger partial charge on any atom is 0.237 e. The van der Waals surface area contributed by atoms with Crippen molar-refractivity contribution < 1.29 is 10.0 Å². The van der Waals surface area contributed by atoms with Gasteiger partial charge in [0.2, 0.25) is 5.91 Å². The van der Waals surface area contributed by atoms with Gasteiger partial charge in [0.15, 0.2) is 5.84 Å². The number of nitrogens with two attached hydrogens (primary N) is 1. The molecule has 1 aromatic carbocycles. The number of hydrogen-bond donors (Lipinski definition) is 3. The van der Waals surface area contributed by atoms with E-state index in [1.165, 1.54) is 0 Å². The van der Waals surface area contributed by atoms with E-state index in [2.05, 4.69) is 17.4 Å². The van der Waals surface area contributed by atoms with E-state index in [1.807, 2.05) is 6.07 Å². The summed E-state index contributed by atoms with van der Waals surface area (Å²) < 4.78 is 0. The molecule has 0 saturated heterocycles. The highest BCUT2D eigenvalue weighted by Crippen LogP contribution is 2.38. The third kappa shape index (κ3) is 3.25. The second-order valence-electron chi connectivity index (χ2n) is 4.79. The van der Waals surface area contributed by atoms with Gasteiger partial charge in [-0.25, -0.2) is 0 Å². The van der Waals surface area contributed by atoms with Crippen molar-refractivity contribution in [3.05, 3.63) is 23.8 Å². The number of amidine groups is 1. The zero-order chi connectivity index (χ0) is 14.5. The van der Waals surface area contributed by atoms with Crippen molar-refractivity contribution >= 4 is 29.2 Å². The van der Waals surface area contributed by atoms with Gasteiger partial charge < -0.3 is 16.3 Å². The molecule has 1 heterocycles. The zero-order valence-electron chi connectivity index (χ0n) is 11.4. The van der Waals surface area contributed by atoms with E-state index in [0.29, 0.717) is 5.56 Å². The number of unbranched alkanes of at least 4 members (excludes halogenated alkanes) is 2. The molecule has 0 aliphatic carbocycles. The minimum atomic E-state index is -0.0243. The first-order chi connectivity index (χ1) is 9.65. The molecule has 0 saturated carbocycles. The molecular weight excluding hydrogens is 274 g/mol. The summed E-state index contributed by atoms with van der Waals surface area (Å²) in [6, 6.07) is 5.43. The number of benzene rings is 1. The van der Waals surface area contributed by atoms with Gasteiger partial charge in [0, 0.05) is 10.5 Å². The fourth-order valence-corrected chi connectivity index (χ4v) is 3.28. The number of hydrogen-bond acceptors (Lipinski definition) is 4. The first kappa shape index (κ1) is 14.7. The Morgan fingerprint density at radius 2 is 2.30 bits per heavy atom. The molecule has 6 heteroatoms. The smallest absolute Gasteiger partial charge is 0.237 e. The predicted octanol–water partition coefficient (Wildman–Crippen LogP) is 2.77. The number of oxime groups is 1. The summed E-state index contributed by atoms with van der Waals surface area (Å²) in [5.41, 5.74) is 6.88. The summed E-state index contributed by atoms with van der Waals surface area (Å²) in [5.74, 6) is 0.0763. The van der Waals surface area contributed by atoms with Crippen LogP contribution in [0.15, 0.2) is 28.3 Å². The Bertz CT molecular complexity index is 531. The van der Waals surface area contributed by atoms with Crippen molar-refractivity contribution in [2.75, 3.05) is 5.32 Å². The largest absolute Gasteiger partial charge is 0.409 e. The SMILES string of the molecule is CCCCCC1Sc2ccc(C(N)=NO)cc2NC1=O. The van der Waals surface area contributed by atoms with Crippen LogP contribution in [0.25, 0.3) is 0 Å². The summed E-state index contributed by atoms with van der Waals surface area (Å²) in [4.78, 5) is 13.1. The van der Waals surface area contributed by atoms with Crippen LogP contribution in [0.5, 0.6) is 0 Å². The molecule has 1 aromatic rings. The Kier molecular flexibility index (Phi) is 4.89. The van der Waals surface area contributed by atoms with Gasteiger partial charge in [-0.2, -0.15) is 0 Å². The van der Waals surface area contributed by atoms with Crippen molar-refractivity contribution in [3.63, 3.8) is 0 Å². The molecule has 1 amide bonds. The van der Waals surface area contributed by atoms with Gasteiger partial charge in [-0.15, -0.1) is 11.8 Å². The highest BCUT2D eigenvalue weighted by molar-refractivity contribution is 8.01. The summed E-state index contributed by atoms with van der Waals surface area (Å²) in [5, 5.41) is 14.5. The van der Waals surface area contributed by atoms with E-state index in [9.17, 15) is 4.79 Å². The van der Waals surface area contributed by atoms with Crippen molar-refractivity contribution in [2.24, 2.45) is 10.9 Å². The molecule has 1 unspecified atom stereocenters. The van der Waals surface area contributed by atoms with Gasteiger partial charge in [0.05, 0.1) is 10.9 Å². The molecule has 1 atom stereocenters. The lowest BCUT2D eigenvalue weighted by molar-refractivity contribution is -0.115. The minimum Gasteiger partial charge on any atom is -0.409 e. The monoisotopic (exact) mass is 293 g/mol. The van der Waals surface area contributed by atoms with Gasteiger partial charge in [-0.1, -0.05) is 31.3 Å². The Balaban J connectivity index is 2.13. The van der Waals surface area contributed by atoms with E-state index in [0.717, 1.165) is 36.3 Å². The molecule has 4 N–H and O–H groups in total. The number of thioether (sulfide) groups is 1. The second-order valence-corrected chi connectivity index (χ2v) is 6.03. The Morgan fingerprint density at radius 1 is 1.50 bits per heavy atom. The Labute approximate surface area is 122 Å². The third-order valence-corrected chi connectivity index (χ3v) is 4.62. The van der Waals surface area contributed by atoms with Crippen molar-refractivity contribution in [1.29, 1.82) is 0 Å². The number of nitrogens with zero attached hydrogens (tertiary/aromatic N) is 1. The number of rotatable bonds is 5. The van der Waals surface area contributed by atoms with Gasteiger partial charge in [-0.05, 0) is 24.6 Å². The number of carbonyl (C=O) groups is 1. The molecule has 108 valence electrons. The molecule has 1 aliphatic heterocycles. The minimum absolute atomic E-state index is 0.0243. The molecule has 0 fully saturated rings. The quantitative estimate of drug-likeness (QED) is 0.256. The number of fused-ring (bicyclic) bond motifs is 1. The Morgan fingerprint density at radius 3 is 3.00 bits per heavy atom. The number of carbonyl (C=O) groups excluding carboxylic acids is 1. The first-order valence-electron chi connectivity index (χ1n) is 6.75. The fourth-order valence-electron chi connectivity index (χ4n) is 2.14. The molecular formula is C14H19N3O2S. The van der Waals surface area contributed by atoms with Crippen LogP contribution < -0.4 is 11.1 Å². The maximum absolute atomic E-state index is 12.1. The van der Waals surface area contributed by atoms with Gasteiger partial charge >= 0.3 is 0 Å². The van der Waals surface area contributed by atoms with E-state index in [4.69, 9.17) is 10.9 Å². The molecule has 0 aromatic heterocycles. The molecule has 0 radical (unpaired) electrons. The molecule has 5 nitrogen and oxygen atoms in total. The van der Waals surface area contributed by atoms with Crippen LogP contribution in [-0.4, -0.2) is 22.2 Å². The molecule has 0 spiro atoms. The first-order valence-corrected chi connectivity index (χ1v) is 7.63. The van der Waals surface area contributed by atoms with Crippen molar-refractivity contribution in [2.45, 2.75) is 42.8 Å². The Hall–Kier alpha value is -1.69. The highest BCUT2D eigenvalue weighted by Gasteiger charge is 2.26. The lowest BCUT2D eigenvalue weighted by atomic mass is 10.1. The summed E-state index contributed by atoms with van der Waals surface area (Å²) in [6.45, 7) is 2.15. The van der Waals surface area contributed by atoms with Gasteiger partial charge in [0.1, 0.15) is 0 Å². The van der Waals surface area contributed by atoms with Crippen LogP contribution >= 0.6 is 11.8 Å². The van der Waals surface area contributed by atoms with Crippen LogP contribution in [-0.2, 0) is 4.79 Å². The molecule has 2 rings (SSSR count). The predicted molar refractivity (Wildman–Crippen MR) is 81.4 cm³/mol. The van der Waals surface area contributed by atoms with Crippen LogP contribution in [0.1, 0.15) is 38.2 Å². The van der Waals surface area contributed by atoms with Crippen LogP contribution in [0, 0.1) is 0 Å². The average molecular weight is 293 g/mol. The number of nitrogens with one attached hydrogen (secondary N) is 1. The zero-order valence-corrected chi connectivity index (χ0v) is 12.2. The summed E-state index contributed by atoms with van der Waals surface area (Å²) >= 11 is 1.59. The maximum atomic E-state index is 12.1. The second kappa shape index (κ2) is 6.65. The topological polar surface area (TPSA) is 87.7 Å². The molecule has 20 heavy (non-hydrogen) atoms. The van der Waals surface area contributed by atoms with E-state index < -0.39 is 0 Å². The number of amides is 1. The third-order valence-electron chi connectivity index (χ3n) is 3.27. The standard InChI is InChI=1S/C14H19N3O2S/c1-2-3-4-5-12-14(18)16-10-8-9(13(15)17-19)6-7-11(10)20-12/h6-8,12,19H,2-5H2,1H3,(H2,15,17)(H,16,18). The molecule has 1 aliphatic rings. The lowest BCUT2D eigenvalue weighted by Gasteiger charge is -2.24. The summed E-state index contributed by atoms with van der Waals surface area (Å²) in [7, 11) is 0. The van der Waals surface area contributed by atoms with Crippen molar-refractivity contribution in [3.8, 4) is 0 Å². The average Bonchev–Trinajstić information content (AvgIpc) is 2.46. The van der Waals surface area contributed by atoms with Crippen LogP contribution in [0.3, 0.4) is 0 Å². The summed E-state index contributed by atoms with van der Waals surface area (Å²) in [6.07, 6.45) is 4.27.